The van der Waals surface area contributed by atoms with Gasteiger partial charge in [0.1, 0.15) is 0 Å². The number of fused-ring (bicyclic) bond motifs is 2. The van der Waals surface area contributed by atoms with Crippen molar-refractivity contribution in [3.63, 3.8) is 0 Å². The molecule has 0 aromatic heterocycles. The van der Waals surface area contributed by atoms with Crippen molar-refractivity contribution in [2.75, 3.05) is 13.3 Å². The van der Waals surface area contributed by atoms with Crippen LogP contribution in [0.25, 0.3) is 0 Å². The van der Waals surface area contributed by atoms with Crippen molar-refractivity contribution in [3.05, 3.63) is 34.6 Å². The largest absolute Gasteiger partial charge is 0.391 e. The van der Waals surface area contributed by atoms with Gasteiger partial charge < -0.3 is 10.0 Å². The fourth-order valence-corrected chi connectivity index (χ4v) is 4.68. The van der Waals surface area contributed by atoms with E-state index in [-0.39, 0.29) is 28.6 Å². The van der Waals surface area contributed by atoms with Crippen molar-refractivity contribution in [1.82, 2.24) is 4.90 Å². The van der Waals surface area contributed by atoms with Crippen LogP contribution in [0.15, 0.2) is 34.6 Å². The molecule has 21 heavy (non-hydrogen) atoms. The van der Waals surface area contributed by atoms with Gasteiger partial charge in [0, 0.05) is 29.0 Å². The molecule has 0 fully saturated rings. The Kier molecular flexibility index (Phi) is 3.37. The summed E-state index contributed by atoms with van der Waals surface area (Å²) in [7, 11) is 1.85. The molecule has 0 bridgehead atoms. The average molecular weight is 305 g/mol. The van der Waals surface area contributed by atoms with E-state index in [9.17, 15) is 9.90 Å². The molecule has 4 atom stereocenters. The lowest BCUT2D eigenvalue weighted by atomic mass is 9.60. The second-order valence-corrected chi connectivity index (χ2v) is 7.71. The van der Waals surface area contributed by atoms with Crippen LogP contribution in [0.2, 0.25) is 0 Å². The van der Waals surface area contributed by atoms with Crippen LogP contribution < -0.4 is 0 Å². The van der Waals surface area contributed by atoms with Gasteiger partial charge in [0.25, 0.3) is 5.91 Å². The Labute approximate surface area is 130 Å². The van der Waals surface area contributed by atoms with E-state index in [4.69, 9.17) is 0 Å². The molecule has 0 spiro atoms. The molecule has 0 radical (unpaired) electrons. The van der Waals surface area contributed by atoms with E-state index < -0.39 is 0 Å². The summed E-state index contributed by atoms with van der Waals surface area (Å²) in [5.74, 6) is 0.280. The van der Waals surface area contributed by atoms with Crippen LogP contribution in [-0.4, -0.2) is 40.6 Å². The fraction of sp³-hybridized carbons (Fsp3) is 0.588. The average Bonchev–Trinajstić information content (AvgIpc) is 2.67. The van der Waals surface area contributed by atoms with E-state index in [0.717, 1.165) is 23.3 Å². The topological polar surface area (TPSA) is 40.5 Å². The van der Waals surface area contributed by atoms with Crippen LogP contribution in [0.1, 0.15) is 27.2 Å². The van der Waals surface area contributed by atoms with E-state index in [1.807, 2.05) is 20.2 Å². The first-order chi connectivity index (χ1) is 9.81. The molecule has 114 valence electrons. The van der Waals surface area contributed by atoms with Crippen molar-refractivity contribution in [1.29, 1.82) is 0 Å². The number of hydrogen-bond acceptors (Lipinski definition) is 3. The standard InChI is InChI=1S/C17H23NO2S/c1-9-12-8-17(3)10(2)15(19)14(21-5)7-11(17)6-13(12)18(4)16(9)20/h6-7,10,14-15,19H,8H2,1-5H3/t10-,14+,15+,17+/m0/s1. The van der Waals surface area contributed by atoms with Gasteiger partial charge in [-0.1, -0.05) is 19.9 Å². The van der Waals surface area contributed by atoms with Crippen molar-refractivity contribution < 1.29 is 9.90 Å². The van der Waals surface area contributed by atoms with Crippen LogP contribution in [0, 0.1) is 11.3 Å². The van der Waals surface area contributed by atoms with E-state index in [2.05, 4.69) is 26.0 Å². The second kappa shape index (κ2) is 4.75. The minimum atomic E-state index is -0.334. The number of amides is 1. The summed E-state index contributed by atoms with van der Waals surface area (Å²) in [6, 6.07) is 0. The number of aliphatic hydroxyl groups excluding tert-OH is 1. The Bertz CT molecular complexity index is 604. The molecule has 3 nitrogen and oxygen atoms in total. The smallest absolute Gasteiger partial charge is 0.254 e. The Balaban J connectivity index is 2.16. The Morgan fingerprint density at radius 2 is 2.14 bits per heavy atom. The molecule has 0 saturated heterocycles. The van der Waals surface area contributed by atoms with Crippen LogP contribution in [0.3, 0.4) is 0 Å². The first-order valence-electron chi connectivity index (χ1n) is 7.44. The first kappa shape index (κ1) is 14.9. The highest BCUT2D eigenvalue weighted by molar-refractivity contribution is 7.99. The van der Waals surface area contributed by atoms with Crippen LogP contribution in [0.4, 0.5) is 0 Å². The van der Waals surface area contributed by atoms with Gasteiger partial charge in [-0.3, -0.25) is 4.79 Å². The van der Waals surface area contributed by atoms with E-state index in [0.29, 0.717) is 0 Å². The molecule has 1 N–H and O–H groups in total. The lowest BCUT2D eigenvalue weighted by molar-refractivity contribution is -0.123. The van der Waals surface area contributed by atoms with E-state index >= 15 is 0 Å². The summed E-state index contributed by atoms with van der Waals surface area (Å²) in [5.41, 5.74) is 4.25. The first-order valence-corrected chi connectivity index (χ1v) is 8.73. The zero-order valence-electron chi connectivity index (χ0n) is 13.3. The van der Waals surface area contributed by atoms with Crippen molar-refractivity contribution in [3.8, 4) is 0 Å². The summed E-state index contributed by atoms with van der Waals surface area (Å²) >= 11 is 1.69. The number of allylic oxidation sites excluding steroid dienone is 3. The van der Waals surface area contributed by atoms with Gasteiger partial charge in [-0.25, -0.2) is 0 Å². The molecule has 0 saturated carbocycles. The molecular weight excluding hydrogens is 282 g/mol. The summed E-state index contributed by atoms with van der Waals surface area (Å²) in [4.78, 5) is 14.0. The quantitative estimate of drug-likeness (QED) is 0.810. The normalized spacial score (nSPS) is 39.0. The number of rotatable bonds is 1. The second-order valence-electron chi connectivity index (χ2n) is 6.69. The lowest BCUT2D eigenvalue weighted by Crippen LogP contribution is -2.46. The molecule has 3 aliphatic rings. The number of likely N-dealkylation sites (N-methyl/N-ethyl adjacent to an activating group) is 1. The number of nitrogens with zero attached hydrogens (tertiary/aromatic N) is 1. The maximum absolute atomic E-state index is 12.2. The summed E-state index contributed by atoms with van der Waals surface area (Å²) in [6.07, 6.45) is 6.91. The molecule has 4 heteroatoms. The molecule has 2 aliphatic carbocycles. The Morgan fingerprint density at radius 1 is 1.48 bits per heavy atom. The van der Waals surface area contributed by atoms with Crippen molar-refractivity contribution >= 4 is 17.7 Å². The van der Waals surface area contributed by atoms with Gasteiger partial charge in [-0.15, -0.1) is 0 Å². The molecule has 1 heterocycles. The lowest BCUT2D eigenvalue weighted by Gasteiger charge is -2.48. The predicted octanol–water partition coefficient (Wildman–Crippen LogP) is 2.74. The van der Waals surface area contributed by atoms with Gasteiger partial charge in [0.05, 0.1) is 6.10 Å². The predicted molar refractivity (Wildman–Crippen MR) is 86.8 cm³/mol. The van der Waals surface area contributed by atoms with Gasteiger partial charge >= 0.3 is 0 Å². The number of hydrogen-bond donors (Lipinski definition) is 1. The minimum Gasteiger partial charge on any atom is -0.391 e. The molecule has 1 aliphatic heterocycles. The number of carbonyl (C=O) groups excluding carboxylic acids is 1. The highest BCUT2D eigenvalue weighted by Gasteiger charge is 2.49. The Hall–Kier alpha value is -1.00. The van der Waals surface area contributed by atoms with Crippen molar-refractivity contribution in [2.45, 2.75) is 38.5 Å². The zero-order chi connectivity index (χ0) is 15.5. The minimum absolute atomic E-state index is 0.0861. The molecule has 3 rings (SSSR count). The summed E-state index contributed by atoms with van der Waals surface area (Å²) < 4.78 is 0. The highest BCUT2D eigenvalue weighted by atomic mass is 32.2. The fourth-order valence-electron chi connectivity index (χ4n) is 3.88. The summed E-state index contributed by atoms with van der Waals surface area (Å²) in [5, 5.41) is 10.7. The molecule has 0 unspecified atom stereocenters. The van der Waals surface area contributed by atoms with Crippen LogP contribution in [-0.2, 0) is 4.79 Å². The summed E-state index contributed by atoms with van der Waals surface area (Å²) in [6.45, 7) is 6.28. The number of aliphatic hydroxyl groups is 1. The maximum atomic E-state index is 12.2. The van der Waals surface area contributed by atoms with Crippen LogP contribution in [0.5, 0.6) is 0 Å². The van der Waals surface area contributed by atoms with Crippen molar-refractivity contribution in [2.24, 2.45) is 11.3 Å². The third-order valence-corrected chi connectivity index (χ3v) is 6.67. The van der Waals surface area contributed by atoms with Gasteiger partial charge in [0.2, 0.25) is 0 Å². The third kappa shape index (κ3) is 1.88. The molecular formula is C17H23NO2S. The van der Waals surface area contributed by atoms with Gasteiger partial charge in [0.15, 0.2) is 0 Å². The maximum Gasteiger partial charge on any atom is 0.254 e. The zero-order valence-corrected chi connectivity index (χ0v) is 14.1. The van der Waals surface area contributed by atoms with E-state index in [1.165, 1.54) is 5.57 Å². The number of carbonyl (C=O) groups is 1. The Morgan fingerprint density at radius 3 is 2.76 bits per heavy atom. The highest BCUT2D eigenvalue weighted by Crippen LogP contribution is 2.54. The third-order valence-electron chi connectivity index (χ3n) is 5.71. The molecule has 0 aromatic rings. The monoisotopic (exact) mass is 305 g/mol. The van der Waals surface area contributed by atoms with Crippen LogP contribution >= 0.6 is 11.8 Å². The number of thioether (sulfide) groups is 1. The molecule has 1 amide bonds. The van der Waals surface area contributed by atoms with E-state index in [1.54, 1.807) is 16.7 Å². The molecule has 0 aromatic carbocycles. The van der Waals surface area contributed by atoms with Gasteiger partial charge in [-0.2, -0.15) is 11.8 Å². The van der Waals surface area contributed by atoms with Gasteiger partial charge in [-0.05, 0) is 42.7 Å². The SMILES string of the molecule is CS[C@@H]1C=C2C=C3C(=C(C)C(=O)N3C)C[C@]2(C)[C@@H](C)[C@H]1O.